The van der Waals surface area contributed by atoms with E-state index in [1.54, 1.807) is 17.0 Å². The van der Waals surface area contributed by atoms with Gasteiger partial charge < -0.3 is 15.3 Å². The zero-order valence-electron chi connectivity index (χ0n) is 10.9. The van der Waals surface area contributed by atoms with Gasteiger partial charge >= 0.3 is 5.97 Å². The highest BCUT2D eigenvalue weighted by molar-refractivity contribution is 5.99. The maximum absolute atomic E-state index is 12.1. The first-order chi connectivity index (χ1) is 9.15. The Bertz CT molecular complexity index is 487. The number of carboxylic acids is 1. The second-order valence-electron chi connectivity index (χ2n) is 4.56. The van der Waals surface area contributed by atoms with Crippen molar-refractivity contribution in [2.75, 3.05) is 24.5 Å². The number of hydrogen-bond donors (Lipinski definition) is 2. The number of hydrogen-bond acceptors (Lipinski definition) is 3. The van der Waals surface area contributed by atoms with E-state index in [9.17, 15) is 14.7 Å². The number of para-hydroxylation sites is 1. The van der Waals surface area contributed by atoms with Crippen molar-refractivity contribution in [2.45, 2.75) is 19.3 Å². The topological polar surface area (TPSA) is 69.6 Å². The van der Waals surface area contributed by atoms with Gasteiger partial charge in [0.15, 0.2) is 0 Å². The minimum absolute atomic E-state index is 0.0304. The van der Waals surface area contributed by atoms with E-state index in [0.717, 1.165) is 17.8 Å². The van der Waals surface area contributed by atoms with Crippen LogP contribution in [0.5, 0.6) is 0 Å². The van der Waals surface area contributed by atoms with E-state index in [1.165, 1.54) is 0 Å². The molecule has 0 saturated carbocycles. The van der Waals surface area contributed by atoms with Crippen molar-refractivity contribution in [1.82, 2.24) is 5.32 Å². The molecule has 1 aromatic carbocycles. The summed E-state index contributed by atoms with van der Waals surface area (Å²) in [6.45, 7) is 3.66. The van der Waals surface area contributed by atoms with Crippen LogP contribution in [0.3, 0.4) is 0 Å². The zero-order valence-corrected chi connectivity index (χ0v) is 10.9. The Morgan fingerprint density at radius 3 is 2.84 bits per heavy atom. The first-order valence-electron chi connectivity index (χ1n) is 6.48. The monoisotopic (exact) mass is 262 g/mol. The molecule has 0 fully saturated rings. The van der Waals surface area contributed by atoms with Crippen molar-refractivity contribution in [3.05, 3.63) is 29.8 Å². The summed E-state index contributed by atoms with van der Waals surface area (Å²) in [7, 11) is 0. The fraction of sp³-hybridized carbons (Fsp3) is 0.429. The van der Waals surface area contributed by atoms with E-state index in [1.807, 2.05) is 19.1 Å². The third kappa shape index (κ3) is 2.76. The molecule has 1 heterocycles. The predicted octanol–water partition coefficient (Wildman–Crippen LogP) is 1.20. The number of fused-ring (bicyclic) bond motifs is 1. The van der Waals surface area contributed by atoms with Crippen molar-refractivity contribution in [3.8, 4) is 0 Å². The van der Waals surface area contributed by atoms with Crippen LogP contribution < -0.4 is 10.2 Å². The standard InChI is InChI=1S/C14H18N2O3/c1-2-15-8-7-13(17)16-9-11(14(18)19)10-5-3-4-6-12(10)16/h3-6,11,15H,2,7-9H2,1H3,(H,18,19). The first kappa shape index (κ1) is 13.5. The Kier molecular flexibility index (Phi) is 4.16. The van der Waals surface area contributed by atoms with E-state index >= 15 is 0 Å². The molecular weight excluding hydrogens is 244 g/mol. The average Bonchev–Trinajstić information content (AvgIpc) is 2.78. The second kappa shape index (κ2) is 5.84. The molecule has 1 aromatic rings. The van der Waals surface area contributed by atoms with Gasteiger partial charge in [0.1, 0.15) is 5.92 Å². The SMILES string of the molecule is CCNCCC(=O)N1CC(C(=O)O)c2ccccc21. The molecule has 1 amide bonds. The molecule has 0 saturated heterocycles. The second-order valence-corrected chi connectivity index (χ2v) is 4.56. The Labute approximate surface area is 112 Å². The predicted molar refractivity (Wildman–Crippen MR) is 72.3 cm³/mol. The Hall–Kier alpha value is -1.88. The molecular formula is C14H18N2O3. The summed E-state index contributed by atoms with van der Waals surface area (Å²) in [6.07, 6.45) is 0.383. The molecule has 0 bridgehead atoms. The van der Waals surface area contributed by atoms with Gasteiger partial charge in [0.05, 0.1) is 0 Å². The minimum atomic E-state index is -0.880. The normalized spacial score (nSPS) is 17.3. The number of benzene rings is 1. The molecule has 0 radical (unpaired) electrons. The highest BCUT2D eigenvalue weighted by Gasteiger charge is 2.35. The highest BCUT2D eigenvalue weighted by Crippen LogP contribution is 2.36. The molecule has 2 rings (SSSR count). The molecule has 1 aliphatic rings. The van der Waals surface area contributed by atoms with Crippen LogP contribution in [-0.4, -0.2) is 36.6 Å². The molecule has 5 heteroatoms. The molecule has 1 unspecified atom stereocenters. The fourth-order valence-electron chi connectivity index (χ4n) is 2.36. The van der Waals surface area contributed by atoms with Crippen LogP contribution in [0, 0.1) is 0 Å². The van der Waals surface area contributed by atoms with Gasteiger partial charge in [0, 0.05) is 25.2 Å². The van der Waals surface area contributed by atoms with Crippen molar-refractivity contribution in [1.29, 1.82) is 0 Å². The molecule has 19 heavy (non-hydrogen) atoms. The summed E-state index contributed by atoms with van der Waals surface area (Å²) in [5, 5.41) is 12.3. The maximum atomic E-state index is 12.1. The number of anilines is 1. The third-order valence-electron chi connectivity index (χ3n) is 3.33. The van der Waals surface area contributed by atoms with Gasteiger partial charge in [-0.25, -0.2) is 0 Å². The Morgan fingerprint density at radius 2 is 2.16 bits per heavy atom. The van der Waals surface area contributed by atoms with E-state index in [4.69, 9.17) is 0 Å². The lowest BCUT2D eigenvalue weighted by molar-refractivity contribution is -0.138. The van der Waals surface area contributed by atoms with E-state index in [0.29, 0.717) is 13.0 Å². The maximum Gasteiger partial charge on any atom is 0.312 e. The summed E-state index contributed by atoms with van der Waals surface area (Å²) in [6, 6.07) is 7.23. The van der Waals surface area contributed by atoms with Gasteiger partial charge in [-0.15, -0.1) is 0 Å². The third-order valence-corrected chi connectivity index (χ3v) is 3.33. The van der Waals surface area contributed by atoms with E-state index in [-0.39, 0.29) is 12.5 Å². The molecule has 102 valence electrons. The summed E-state index contributed by atoms with van der Waals surface area (Å²) >= 11 is 0. The van der Waals surface area contributed by atoms with Crippen LogP contribution in [0.4, 0.5) is 5.69 Å². The lowest BCUT2D eigenvalue weighted by atomic mass is 10.0. The molecule has 1 atom stereocenters. The molecule has 0 aromatic heterocycles. The largest absolute Gasteiger partial charge is 0.481 e. The minimum Gasteiger partial charge on any atom is -0.481 e. The van der Waals surface area contributed by atoms with Crippen LogP contribution in [0.25, 0.3) is 0 Å². The van der Waals surface area contributed by atoms with Gasteiger partial charge in [-0.05, 0) is 18.2 Å². The number of rotatable bonds is 5. The Balaban J connectivity index is 2.15. The van der Waals surface area contributed by atoms with E-state index < -0.39 is 11.9 Å². The number of nitrogens with zero attached hydrogens (tertiary/aromatic N) is 1. The van der Waals surface area contributed by atoms with Crippen LogP contribution in [0.1, 0.15) is 24.8 Å². The van der Waals surface area contributed by atoms with Gasteiger partial charge in [0.2, 0.25) is 5.91 Å². The van der Waals surface area contributed by atoms with Crippen molar-refractivity contribution in [2.24, 2.45) is 0 Å². The lowest BCUT2D eigenvalue weighted by Gasteiger charge is -2.17. The number of amides is 1. The lowest BCUT2D eigenvalue weighted by Crippen LogP contribution is -2.33. The molecule has 2 N–H and O–H groups in total. The summed E-state index contributed by atoms with van der Waals surface area (Å²) in [5.74, 6) is -1.52. The van der Waals surface area contributed by atoms with Crippen molar-refractivity contribution < 1.29 is 14.7 Å². The number of carbonyl (C=O) groups excluding carboxylic acids is 1. The van der Waals surface area contributed by atoms with Gasteiger partial charge in [-0.2, -0.15) is 0 Å². The zero-order chi connectivity index (χ0) is 13.8. The van der Waals surface area contributed by atoms with Crippen LogP contribution >= 0.6 is 0 Å². The molecule has 0 aliphatic carbocycles. The van der Waals surface area contributed by atoms with Gasteiger partial charge in [-0.1, -0.05) is 25.1 Å². The number of aliphatic carboxylic acids is 1. The van der Waals surface area contributed by atoms with Crippen LogP contribution in [0.2, 0.25) is 0 Å². The van der Waals surface area contributed by atoms with Crippen molar-refractivity contribution in [3.63, 3.8) is 0 Å². The summed E-state index contributed by atoms with van der Waals surface area (Å²) in [4.78, 5) is 25.0. The van der Waals surface area contributed by atoms with Crippen LogP contribution in [-0.2, 0) is 9.59 Å². The van der Waals surface area contributed by atoms with Gasteiger partial charge in [-0.3, -0.25) is 9.59 Å². The molecule has 0 spiro atoms. The highest BCUT2D eigenvalue weighted by atomic mass is 16.4. The fourth-order valence-corrected chi connectivity index (χ4v) is 2.36. The first-order valence-corrected chi connectivity index (χ1v) is 6.48. The molecule has 1 aliphatic heterocycles. The molecule has 5 nitrogen and oxygen atoms in total. The van der Waals surface area contributed by atoms with E-state index in [2.05, 4.69) is 5.32 Å². The summed E-state index contributed by atoms with van der Waals surface area (Å²) < 4.78 is 0. The van der Waals surface area contributed by atoms with Gasteiger partial charge in [0.25, 0.3) is 0 Å². The Morgan fingerprint density at radius 1 is 1.42 bits per heavy atom. The smallest absolute Gasteiger partial charge is 0.312 e. The number of nitrogens with one attached hydrogen (secondary N) is 1. The quantitative estimate of drug-likeness (QED) is 0.782. The number of carbonyl (C=O) groups is 2. The average molecular weight is 262 g/mol. The number of carboxylic acid groups (broad SMARTS) is 1. The van der Waals surface area contributed by atoms with Crippen molar-refractivity contribution >= 4 is 17.6 Å². The summed E-state index contributed by atoms with van der Waals surface area (Å²) in [5.41, 5.74) is 1.46. The van der Waals surface area contributed by atoms with Crippen LogP contribution in [0.15, 0.2) is 24.3 Å².